The van der Waals surface area contributed by atoms with Crippen molar-refractivity contribution in [3.05, 3.63) is 34.3 Å². The molecule has 0 aliphatic rings. The van der Waals surface area contributed by atoms with Gasteiger partial charge in [0, 0.05) is 17.1 Å². The molecule has 0 spiro atoms. The summed E-state index contributed by atoms with van der Waals surface area (Å²) in [6.07, 6.45) is 0. The van der Waals surface area contributed by atoms with Crippen LogP contribution in [0, 0.1) is 6.92 Å². The van der Waals surface area contributed by atoms with Crippen LogP contribution in [-0.4, -0.2) is 30.4 Å². The molecule has 1 aromatic heterocycles. The Hall–Kier alpha value is -1.79. The Morgan fingerprint density at radius 3 is 2.81 bits per heavy atom. The Balaban J connectivity index is 2.12. The summed E-state index contributed by atoms with van der Waals surface area (Å²) in [4.78, 5) is 4.48. The Morgan fingerprint density at radius 1 is 1.38 bits per heavy atom. The van der Waals surface area contributed by atoms with E-state index >= 15 is 0 Å². The number of aromatic nitrogens is 1. The van der Waals surface area contributed by atoms with Gasteiger partial charge in [-0.05, 0) is 26.0 Å². The Bertz CT molecular complexity index is 586. The molecular formula is C15H20N2O3S. The fourth-order valence-corrected chi connectivity index (χ4v) is 2.64. The lowest BCUT2D eigenvalue weighted by Crippen LogP contribution is -2.08. The molecule has 6 heteroatoms. The average molecular weight is 308 g/mol. The fraction of sp³-hybridized carbons (Fsp3) is 0.400. The van der Waals surface area contributed by atoms with Crippen molar-refractivity contribution >= 4 is 17.0 Å². The monoisotopic (exact) mass is 308 g/mol. The summed E-state index contributed by atoms with van der Waals surface area (Å²) in [7, 11) is 1.59. The summed E-state index contributed by atoms with van der Waals surface area (Å²) >= 11 is 1.64. The molecule has 1 aromatic carbocycles. The molecule has 1 heterocycles. The second-order valence-electron chi connectivity index (χ2n) is 4.60. The highest BCUT2D eigenvalue weighted by molar-refractivity contribution is 7.09. The molecule has 0 aliphatic heterocycles. The minimum Gasteiger partial charge on any atom is -0.493 e. The Morgan fingerprint density at radius 2 is 2.19 bits per heavy atom. The molecule has 2 N–H and O–H groups in total. The first-order valence-electron chi connectivity index (χ1n) is 6.74. The SMILES string of the molecule is COc1ccc(NC(C)c2csc(C)n2)cc1OCCO. The standard InChI is InChI=1S/C15H20N2O3S/c1-10(13-9-21-11(2)17-13)16-12-4-5-14(19-3)15(8-12)20-7-6-18/h4-5,8-10,16,18H,6-7H2,1-3H3. The van der Waals surface area contributed by atoms with Crippen LogP contribution in [0.4, 0.5) is 5.69 Å². The largest absolute Gasteiger partial charge is 0.493 e. The zero-order chi connectivity index (χ0) is 15.2. The first-order valence-corrected chi connectivity index (χ1v) is 7.62. The van der Waals surface area contributed by atoms with Gasteiger partial charge >= 0.3 is 0 Å². The second-order valence-corrected chi connectivity index (χ2v) is 5.66. The van der Waals surface area contributed by atoms with Crippen molar-refractivity contribution in [3.8, 4) is 11.5 Å². The number of nitrogens with one attached hydrogen (secondary N) is 1. The summed E-state index contributed by atoms with van der Waals surface area (Å²) in [6.45, 7) is 4.26. The van der Waals surface area contributed by atoms with E-state index in [0.717, 1.165) is 16.4 Å². The molecule has 0 aliphatic carbocycles. The van der Waals surface area contributed by atoms with Crippen molar-refractivity contribution < 1.29 is 14.6 Å². The van der Waals surface area contributed by atoms with Crippen molar-refractivity contribution in [3.63, 3.8) is 0 Å². The highest BCUT2D eigenvalue weighted by Crippen LogP contribution is 2.31. The number of benzene rings is 1. The Labute approximate surface area is 128 Å². The van der Waals surface area contributed by atoms with Crippen LogP contribution in [-0.2, 0) is 0 Å². The summed E-state index contributed by atoms with van der Waals surface area (Å²) in [5.74, 6) is 1.25. The average Bonchev–Trinajstić information content (AvgIpc) is 2.92. The van der Waals surface area contributed by atoms with Gasteiger partial charge in [-0.1, -0.05) is 0 Å². The maximum atomic E-state index is 8.87. The zero-order valence-electron chi connectivity index (χ0n) is 12.4. The number of nitrogens with zero attached hydrogens (tertiary/aromatic N) is 1. The third-order valence-electron chi connectivity index (χ3n) is 2.98. The molecule has 2 aromatic rings. The molecule has 1 unspecified atom stereocenters. The number of aliphatic hydroxyl groups is 1. The van der Waals surface area contributed by atoms with Crippen molar-refractivity contribution in [2.45, 2.75) is 19.9 Å². The van der Waals surface area contributed by atoms with Gasteiger partial charge in [0.2, 0.25) is 0 Å². The maximum absolute atomic E-state index is 8.87. The van der Waals surface area contributed by atoms with Gasteiger partial charge in [-0.2, -0.15) is 0 Å². The molecule has 114 valence electrons. The zero-order valence-corrected chi connectivity index (χ0v) is 13.2. The van der Waals surface area contributed by atoms with Crippen LogP contribution in [0.25, 0.3) is 0 Å². The van der Waals surface area contributed by atoms with Crippen molar-refractivity contribution in [2.75, 3.05) is 25.6 Å². The number of ether oxygens (including phenoxy) is 2. The lowest BCUT2D eigenvalue weighted by atomic mass is 10.2. The summed E-state index contributed by atoms with van der Waals surface area (Å²) in [6, 6.07) is 5.74. The van der Waals surface area contributed by atoms with E-state index in [-0.39, 0.29) is 19.3 Å². The van der Waals surface area contributed by atoms with Gasteiger partial charge < -0.3 is 19.9 Å². The van der Waals surface area contributed by atoms with Crippen LogP contribution in [0.3, 0.4) is 0 Å². The minimum absolute atomic E-state index is 0.0324. The van der Waals surface area contributed by atoms with Crippen LogP contribution in [0.1, 0.15) is 23.7 Å². The van der Waals surface area contributed by atoms with Gasteiger partial charge in [0.15, 0.2) is 11.5 Å². The van der Waals surface area contributed by atoms with Gasteiger partial charge in [0.25, 0.3) is 0 Å². The van der Waals surface area contributed by atoms with E-state index in [1.165, 1.54) is 0 Å². The number of anilines is 1. The number of aryl methyl sites for hydroxylation is 1. The van der Waals surface area contributed by atoms with E-state index < -0.39 is 0 Å². The van der Waals surface area contributed by atoms with E-state index in [4.69, 9.17) is 14.6 Å². The van der Waals surface area contributed by atoms with Gasteiger partial charge in [0.1, 0.15) is 6.61 Å². The number of thiazole rings is 1. The van der Waals surface area contributed by atoms with E-state index in [1.54, 1.807) is 18.4 Å². The quantitative estimate of drug-likeness (QED) is 0.823. The van der Waals surface area contributed by atoms with Crippen LogP contribution < -0.4 is 14.8 Å². The molecule has 1 atom stereocenters. The van der Waals surface area contributed by atoms with Crippen molar-refractivity contribution in [1.29, 1.82) is 0 Å². The number of aliphatic hydroxyl groups excluding tert-OH is 1. The molecule has 5 nitrogen and oxygen atoms in total. The van der Waals surface area contributed by atoms with Gasteiger partial charge in [-0.25, -0.2) is 4.98 Å². The molecular weight excluding hydrogens is 288 g/mol. The molecule has 0 saturated heterocycles. The number of rotatable bonds is 7. The predicted octanol–water partition coefficient (Wildman–Crippen LogP) is 3.00. The molecule has 21 heavy (non-hydrogen) atoms. The van der Waals surface area contributed by atoms with Gasteiger partial charge in [-0.3, -0.25) is 0 Å². The van der Waals surface area contributed by atoms with Crippen LogP contribution in [0.5, 0.6) is 11.5 Å². The molecule has 2 rings (SSSR count). The second kappa shape index (κ2) is 7.28. The van der Waals surface area contributed by atoms with Crippen LogP contribution in [0.2, 0.25) is 0 Å². The smallest absolute Gasteiger partial charge is 0.163 e. The van der Waals surface area contributed by atoms with Crippen molar-refractivity contribution in [1.82, 2.24) is 4.98 Å². The summed E-state index contributed by atoms with van der Waals surface area (Å²) in [5.41, 5.74) is 1.94. The molecule has 0 fully saturated rings. The van der Waals surface area contributed by atoms with E-state index in [1.807, 2.05) is 25.1 Å². The van der Waals surface area contributed by atoms with Crippen LogP contribution >= 0.6 is 11.3 Å². The maximum Gasteiger partial charge on any atom is 0.163 e. The first kappa shape index (κ1) is 15.6. The third-order valence-corrected chi connectivity index (χ3v) is 3.77. The van der Waals surface area contributed by atoms with E-state index in [2.05, 4.69) is 22.6 Å². The first-order chi connectivity index (χ1) is 10.1. The van der Waals surface area contributed by atoms with E-state index in [0.29, 0.717) is 11.5 Å². The highest BCUT2D eigenvalue weighted by atomic mass is 32.1. The summed E-state index contributed by atoms with van der Waals surface area (Å²) in [5, 5.41) is 15.4. The predicted molar refractivity (Wildman–Crippen MR) is 84.5 cm³/mol. The normalized spacial score (nSPS) is 12.0. The van der Waals surface area contributed by atoms with E-state index in [9.17, 15) is 0 Å². The Kier molecular flexibility index (Phi) is 5.41. The lowest BCUT2D eigenvalue weighted by molar-refractivity contribution is 0.196. The van der Waals surface area contributed by atoms with Crippen molar-refractivity contribution in [2.24, 2.45) is 0 Å². The number of hydrogen-bond acceptors (Lipinski definition) is 6. The topological polar surface area (TPSA) is 63.6 Å². The molecule has 0 amide bonds. The molecule has 0 bridgehead atoms. The van der Waals surface area contributed by atoms with Gasteiger partial charge in [-0.15, -0.1) is 11.3 Å². The molecule has 0 radical (unpaired) electrons. The van der Waals surface area contributed by atoms with Gasteiger partial charge in [0.05, 0.1) is 30.5 Å². The summed E-state index contributed by atoms with van der Waals surface area (Å²) < 4.78 is 10.7. The fourth-order valence-electron chi connectivity index (χ4n) is 1.94. The highest BCUT2D eigenvalue weighted by Gasteiger charge is 2.11. The lowest BCUT2D eigenvalue weighted by Gasteiger charge is -2.16. The molecule has 0 saturated carbocycles. The van der Waals surface area contributed by atoms with Crippen LogP contribution in [0.15, 0.2) is 23.6 Å². The number of hydrogen-bond donors (Lipinski definition) is 2. The third kappa shape index (κ3) is 4.09. The number of methoxy groups -OCH3 is 1. The minimum atomic E-state index is -0.0324.